The monoisotopic (exact) mass is 219 g/mol. The molecule has 0 aliphatic carbocycles. The Morgan fingerprint density at radius 1 is 1.06 bits per heavy atom. The van der Waals surface area contributed by atoms with Crippen LogP contribution in [0.25, 0.3) is 0 Å². The van der Waals surface area contributed by atoms with Crippen LogP contribution in [0.15, 0.2) is 30.3 Å². The normalized spacial score (nSPS) is 10.8. The van der Waals surface area contributed by atoms with Crippen molar-refractivity contribution in [2.45, 2.75) is 40.0 Å². The van der Waals surface area contributed by atoms with Gasteiger partial charge >= 0.3 is 0 Å². The molecular weight excluding hydrogens is 194 g/mol. The summed E-state index contributed by atoms with van der Waals surface area (Å²) in [6, 6.07) is 10.8. The van der Waals surface area contributed by atoms with Crippen molar-refractivity contribution in [1.29, 1.82) is 0 Å². The summed E-state index contributed by atoms with van der Waals surface area (Å²) in [5, 5.41) is 0. The van der Waals surface area contributed by atoms with Gasteiger partial charge in [-0.25, -0.2) is 0 Å². The van der Waals surface area contributed by atoms with E-state index in [0.717, 1.165) is 12.5 Å². The maximum absolute atomic E-state index is 2.51. The van der Waals surface area contributed by atoms with Gasteiger partial charge in [-0.1, -0.05) is 51.8 Å². The molecule has 1 rings (SSSR count). The number of benzene rings is 1. The Bertz CT molecular complexity index is 266. The van der Waals surface area contributed by atoms with Gasteiger partial charge in [-0.15, -0.1) is 0 Å². The molecular formula is C15H25N. The van der Waals surface area contributed by atoms with Crippen molar-refractivity contribution < 1.29 is 0 Å². The van der Waals surface area contributed by atoms with E-state index >= 15 is 0 Å². The summed E-state index contributed by atoms with van der Waals surface area (Å²) < 4.78 is 0. The molecule has 0 radical (unpaired) electrons. The quantitative estimate of drug-likeness (QED) is 0.617. The molecule has 1 aromatic rings. The van der Waals surface area contributed by atoms with Gasteiger partial charge in [-0.05, 0) is 24.5 Å². The highest BCUT2D eigenvalue weighted by Gasteiger charge is 2.07. The smallest absolute Gasteiger partial charge is 0.0366 e. The van der Waals surface area contributed by atoms with Crippen LogP contribution in [0.5, 0.6) is 0 Å². The van der Waals surface area contributed by atoms with E-state index in [2.05, 4.69) is 56.0 Å². The van der Waals surface area contributed by atoms with Crippen LogP contribution in [0, 0.1) is 5.92 Å². The van der Waals surface area contributed by atoms with Crippen molar-refractivity contribution in [2.24, 2.45) is 5.92 Å². The summed E-state index contributed by atoms with van der Waals surface area (Å²) in [6.07, 6.45) is 3.93. The van der Waals surface area contributed by atoms with Crippen molar-refractivity contribution in [3.8, 4) is 0 Å². The van der Waals surface area contributed by atoms with Crippen LogP contribution in [0.2, 0.25) is 0 Å². The second-order valence-electron chi connectivity index (χ2n) is 4.88. The molecule has 1 aromatic carbocycles. The molecule has 90 valence electrons. The molecule has 0 amide bonds. The number of hydrogen-bond acceptors (Lipinski definition) is 1. The van der Waals surface area contributed by atoms with E-state index in [4.69, 9.17) is 0 Å². The van der Waals surface area contributed by atoms with Gasteiger partial charge in [-0.3, -0.25) is 0 Å². The zero-order valence-corrected chi connectivity index (χ0v) is 10.9. The third kappa shape index (κ3) is 4.69. The number of rotatable bonds is 7. The van der Waals surface area contributed by atoms with E-state index in [1.165, 1.54) is 31.5 Å². The fourth-order valence-electron chi connectivity index (χ4n) is 1.96. The molecule has 1 heteroatoms. The Morgan fingerprint density at radius 3 is 2.31 bits per heavy atom. The lowest BCUT2D eigenvalue weighted by molar-refractivity contribution is 0.588. The average Bonchev–Trinajstić information content (AvgIpc) is 2.29. The maximum Gasteiger partial charge on any atom is 0.0366 e. The van der Waals surface area contributed by atoms with Crippen molar-refractivity contribution in [3.05, 3.63) is 30.3 Å². The van der Waals surface area contributed by atoms with Gasteiger partial charge in [0.15, 0.2) is 0 Å². The molecule has 0 heterocycles. The molecule has 0 N–H and O–H groups in total. The molecule has 0 saturated carbocycles. The highest BCUT2D eigenvalue weighted by molar-refractivity contribution is 5.45. The molecule has 16 heavy (non-hydrogen) atoms. The standard InChI is InChI=1S/C15H25N/c1-4-5-9-12-16(13-14(2)3)15-10-7-6-8-11-15/h6-8,10-11,14H,4-5,9,12-13H2,1-3H3. The Kier molecular flexibility index (Phi) is 5.99. The first-order valence-electron chi connectivity index (χ1n) is 6.54. The largest absolute Gasteiger partial charge is 0.371 e. The average molecular weight is 219 g/mol. The third-order valence-corrected chi connectivity index (χ3v) is 2.74. The lowest BCUT2D eigenvalue weighted by Crippen LogP contribution is -2.28. The van der Waals surface area contributed by atoms with Crippen molar-refractivity contribution >= 4 is 5.69 Å². The van der Waals surface area contributed by atoms with Crippen molar-refractivity contribution in [1.82, 2.24) is 0 Å². The van der Waals surface area contributed by atoms with Crippen molar-refractivity contribution in [3.63, 3.8) is 0 Å². The number of para-hydroxylation sites is 1. The highest BCUT2D eigenvalue weighted by Crippen LogP contribution is 2.16. The zero-order chi connectivity index (χ0) is 11.8. The zero-order valence-electron chi connectivity index (χ0n) is 10.9. The maximum atomic E-state index is 2.51. The molecule has 0 aliphatic rings. The minimum Gasteiger partial charge on any atom is -0.371 e. The molecule has 0 unspecified atom stereocenters. The van der Waals surface area contributed by atoms with Crippen LogP contribution in [-0.4, -0.2) is 13.1 Å². The van der Waals surface area contributed by atoms with E-state index in [9.17, 15) is 0 Å². The van der Waals surface area contributed by atoms with Gasteiger partial charge < -0.3 is 4.90 Å². The van der Waals surface area contributed by atoms with Gasteiger partial charge in [0.1, 0.15) is 0 Å². The molecule has 0 spiro atoms. The fourth-order valence-corrected chi connectivity index (χ4v) is 1.96. The Labute approximate surface area is 100 Å². The van der Waals surface area contributed by atoms with E-state index in [1.54, 1.807) is 0 Å². The first-order valence-corrected chi connectivity index (χ1v) is 6.54. The van der Waals surface area contributed by atoms with Crippen LogP contribution < -0.4 is 4.90 Å². The van der Waals surface area contributed by atoms with Crippen LogP contribution in [0.4, 0.5) is 5.69 Å². The topological polar surface area (TPSA) is 3.24 Å². The number of unbranched alkanes of at least 4 members (excludes halogenated alkanes) is 2. The van der Waals surface area contributed by atoms with Gasteiger partial charge in [0, 0.05) is 18.8 Å². The minimum absolute atomic E-state index is 0.724. The minimum atomic E-state index is 0.724. The molecule has 0 bridgehead atoms. The summed E-state index contributed by atoms with van der Waals surface area (Å²) in [5.41, 5.74) is 1.37. The predicted molar refractivity (Wildman–Crippen MR) is 73.0 cm³/mol. The van der Waals surface area contributed by atoms with Gasteiger partial charge in [-0.2, -0.15) is 0 Å². The number of nitrogens with zero attached hydrogens (tertiary/aromatic N) is 1. The lowest BCUT2D eigenvalue weighted by atomic mass is 10.1. The van der Waals surface area contributed by atoms with Crippen molar-refractivity contribution in [2.75, 3.05) is 18.0 Å². The number of hydrogen-bond donors (Lipinski definition) is 0. The van der Waals surface area contributed by atoms with Crippen LogP contribution >= 0.6 is 0 Å². The molecule has 1 nitrogen and oxygen atoms in total. The Balaban J connectivity index is 2.56. The summed E-state index contributed by atoms with van der Waals surface area (Å²) in [5.74, 6) is 0.724. The summed E-state index contributed by atoms with van der Waals surface area (Å²) in [4.78, 5) is 2.51. The summed E-state index contributed by atoms with van der Waals surface area (Å²) in [6.45, 7) is 9.19. The fraction of sp³-hybridized carbons (Fsp3) is 0.600. The third-order valence-electron chi connectivity index (χ3n) is 2.74. The molecule has 0 fully saturated rings. The second-order valence-corrected chi connectivity index (χ2v) is 4.88. The van der Waals surface area contributed by atoms with E-state index < -0.39 is 0 Å². The van der Waals surface area contributed by atoms with Gasteiger partial charge in [0.05, 0.1) is 0 Å². The van der Waals surface area contributed by atoms with Gasteiger partial charge in [0.2, 0.25) is 0 Å². The predicted octanol–water partition coefficient (Wildman–Crippen LogP) is 4.34. The molecule has 0 saturated heterocycles. The van der Waals surface area contributed by atoms with E-state index in [-0.39, 0.29) is 0 Å². The summed E-state index contributed by atoms with van der Waals surface area (Å²) in [7, 11) is 0. The Hall–Kier alpha value is -0.980. The highest BCUT2D eigenvalue weighted by atomic mass is 15.1. The molecule has 0 aliphatic heterocycles. The van der Waals surface area contributed by atoms with Gasteiger partial charge in [0.25, 0.3) is 0 Å². The lowest BCUT2D eigenvalue weighted by Gasteiger charge is -2.26. The summed E-state index contributed by atoms with van der Waals surface area (Å²) >= 11 is 0. The first-order chi connectivity index (χ1) is 7.74. The van der Waals surface area contributed by atoms with E-state index in [1.807, 2.05) is 0 Å². The van der Waals surface area contributed by atoms with Crippen LogP contribution in [-0.2, 0) is 0 Å². The number of anilines is 1. The SMILES string of the molecule is CCCCCN(CC(C)C)c1ccccc1. The Morgan fingerprint density at radius 2 is 1.75 bits per heavy atom. The first kappa shape index (κ1) is 13.1. The second kappa shape index (κ2) is 7.32. The molecule has 0 atom stereocenters. The van der Waals surface area contributed by atoms with E-state index in [0.29, 0.717) is 0 Å². The van der Waals surface area contributed by atoms with Crippen LogP contribution in [0.3, 0.4) is 0 Å². The molecule has 0 aromatic heterocycles. The van der Waals surface area contributed by atoms with Crippen LogP contribution in [0.1, 0.15) is 40.0 Å².